The first-order valence-corrected chi connectivity index (χ1v) is 7.85. The summed E-state index contributed by atoms with van der Waals surface area (Å²) >= 11 is 0. The minimum atomic E-state index is -4.67. The molecule has 1 amide bonds. The number of carbonyl (C=O) groups is 1. The molecule has 0 aliphatic carbocycles. The normalized spacial score (nSPS) is 11.1. The number of hydrogen-bond acceptors (Lipinski definition) is 5. The predicted molar refractivity (Wildman–Crippen MR) is 82.1 cm³/mol. The van der Waals surface area contributed by atoms with Crippen molar-refractivity contribution < 1.29 is 27.4 Å². The van der Waals surface area contributed by atoms with Crippen LogP contribution in [0, 0.1) is 0 Å². The summed E-state index contributed by atoms with van der Waals surface area (Å²) in [6.45, 7) is 8.04. The molecule has 126 valence electrons. The molecule has 0 saturated heterocycles. The van der Waals surface area contributed by atoms with Gasteiger partial charge in [0, 0.05) is 0 Å². The van der Waals surface area contributed by atoms with Gasteiger partial charge in [-0.05, 0) is 29.0 Å². The fourth-order valence-corrected chi connectivity index (χ4v) is 1.70. The van der Waals surface area contributed by atoms with E-state index >= 15 is 0 Å². The summed E-state index contributed by atoms with van der Waals surface area (Å²) < 4.78 is 31.6. The molecular formula is C13H22N2O6S. The number of nitrogens with one attached hydrogen (secondary N) is 1. The minimum Gasteiger partial charge on any atom is -0.507 e. The monoisotopic (exact) mass is 334 g/mol. The average molecular weight is 334 g/mol. The number of nitrogen functional groups attached to an aromatic ring is 1. The van der Waals surface area contributed by atoms with Crippen molar-refractivity contribution >= 4 is 16.3 Å². The van der Waals surface area contributed by atoms with E-state index in [1.807, 2.05) is 33.8 Å². The molecule has 0 fully saturated rings. The zero-order chi connectivity index (χ0) is 17.7. The molecule has 0 heterocycles. The molecule has 0 radical (unpaired) electrons. The second kappa shape index (κ2) is 8.08. The number of phenols is 1. The Hall–Kier alpha value is -1.68. The van der Waals surface area contributed by atoms with Gasteiger partial charge in [-0.25, -0.2) is 5.84 Å². The van der Waals surface area contributed by atoms with Crippen LogP contribution < -0.4 is 11.3 Å². The average Bonchev–Trinajstić information content (AvgIpc) is 2.35. The van der Waals surface area contributed by atoms with Crippen molar-refractivity contribution in [2.45, 2.75) is 39.5 Å². The fraction of sp³-hybridized carbons (Fsp3) is 0.462. The molecule has 0 atom stereocenters. The molecule has 0 bridgehead atoms. The summed E-state index contributed by atoms with van der Waals surface area (Å²) in [4.78, 5) is 11.6. The first kappa shape index (κ1) is 20.3. The maximum absolute atomic E-state index is 11.6. The van der Waals surface area contributed by atoms with Gasteiger partial charge in [-0.3, -0.25) is 19.3 Å². The molecule has 0 aliphatic rings. The van der Waals surface area contributed by atoms with E-state index in [2.05, 4.69) is 5.43 Å². The lowest BCUT2D eigenvalue weighted by atomic mass is 9.92. The Morgan fingerprint density at radius 1 is 1.14 bits per heavy atom. The van der Waals surface area contributed by atoms with Crippen LogP contribution in [0.2, 0.25) is 0 Å². The van der Waals surface area contributed by atoms with Gasteiger partial charge in [-0.15, -0.1) is 0 Å². The van der Waals surface area contributed by atoms with Gasteiger partial charge in [-0.1, -0.05) is 33.8 Å². The van der Waals surface area contributed by atoms with E-state index in [0.717, 1.165) is 11.1 Å². The molecule has 8 nitrogen and oxygen atoms in total. The van der Waals surface area contributed by atoms with Crippen LogP contribution in [-0.2, 0) is 10.4 Å². The van der Waals surface area contributed by atoms with E-state index in [1.165, 1.54) is 0 Å². The van der Waals surface area contributed by atoms with Crippen LogP contribution in [0.1, 0.15) is 61.0 Å². The Morgan fingerprint density at radius 2 is 1.59 bits per heavy atom. The third kappa shape index (κ3) is 6.85. The van der Waals surface area contributed by atoms with Crippen LogP contribution in [-0.4, -0.2) is 28.5 Å². The number of hydrazine groups is 1. The van der Waals surface area contributed by atoms with Crippen LogP contribution in [0.5, 0.6) is 5.75 Å². The lowest BCUT2D eigenvalue weighted by Gasteiger charge is -2.16. The Kier molecular flexibility index (Phi) is 7.47. The van der Waals surface area contributed by atoms with Crippen molar-refractivity contribution in [3.05, 3.63) is 28.8 Å². The standard InChI is InChI=1S/C13H20N2O2.H2O4S/c1-7(2)9-5-10(8(3)4)12(16)11(6-9)13(17)15-14;1-5(2,3)4/h5-8,16H,14H2,1-4H3,(H,15,17);(H2,1,2,3,4). The van der Waals surface area contributed by atoms with Crippen LogP contribution in [0.25, 0.3) is 0 Å². The number of nitrogens with two attached hydrogens (primary N) is 1. The highest BCUT2D eigenvalue weighted by Gasteiger charge is 2.18. The summed E-state index contributed by atoms with van der Waals surface area (Å²) in [6, 6.07) is 3.63. The van der Waals surface area contributed by atoms with Crippen molar-refractivity contribution in [1.29, 1.82) is 0 Å². The topological polar surface area (TPSA) is 150 Å². The first-order chi connectivity index (χ1) is 9.88. The van der Waals surface area contributed by atoms with Gasteiger partial charge in [0.15, 0.2) is 0 Å². The van der Waals surface area contributed by atoms with E-state index in [9.17, 15) is 9.90 Å². The molecule has 1 rings (SSSR count). The Balaban J connectivity index is 0.000000763. The highest BCUT2D eigenvalue weighted by Crippen LogP contribution is 2.32. The van der Waals surface area contributed by atoms with Gasteiger partial charge in [0.25, 0.3) is 5.91 Å². The second-order valence-electron chi connectivity index (χ2n) is 5.24. The molecule has 1 aromatic carbocycles. The van der Waals surface area contributed by atoms with Gasteiger partial charge in [0.1, 0.15) is 5.75 Å². The highest BCUT2D eigenvalue weighted by atomic mass is 32.3. The Bertz CT molecular complexity index is 618. The number of aromatic hydroxyl groups is 1. The van der Waals surface area contributed by atoms with Crippen molar-refractivity contribution in [1.82, 2.24) is 5.43 Å². The molecule has 0 unspecified atom stereocenters. The number of phenolic OH excluding ortho intramolecular Hbond substituents is 1. The number of hydrogen-bond donors (Lipinski definition) is 5. The van der Waals surface area contributed by atoms with E-state index in [0.29, 0.717) is 0 Å². The molecule has 6 N–H and O–H groups in total. The predicted octanol–water partition coefficient (Wildman–Crippen LogP) is 1.59. The minimum absolute atomic E-state index is 0.0207. The summed E-state index contributed by atoms with van der Waals surface area (Å²) in [7, 11) is -4.67. The number of amides is 1. The zero-order valence-corrected chi connectivity index (χ0v) is 13.7. The van der Waals surface area contributed by atoms with Crippen LogP contribution in [0.3, 0.4) is 0 Å². The van der Waals surface area contributed by atoms with Crippen LogP contribution >= 0.6 is 0 Å². The van der Waals surface area contributed by atoms with E-state index in [4.69, 9.17) is 23.4 Å². The van der Waals surface area contributed by atoms with Crippen molar-refractivity contribution in [3.63, 3.8) is 0 Å². The molecule has 0 aromatic heterocycles. The van der Waals surface area contributed by atoms with Crippen molar-refractivity contribution in [2.75, 3.05) is 0 Å². The smallest absolute Gasteiger partial charge is 0.394 e. The SMILES string of the molecule is CC(C)c1cc(C(=O)NN)c(O)c(C(C)C)c1.O=S(=O)(O)O. The third-order valence-corrected chi connectivity index (χ3v) is 2.83. The summed E-state index contributed by atoms with van der Waals surface area (Å²) in [5.74, 6) is 5.11. The van der Waals surface area contributed by atoms with Gasteiger partial charge < -0.3 is 5.11 Å². The zero-order valence-electron chi connectivity index (χ0n) is 12.9. The molecule has 0 saturated carbocycles. The van der Waals surface area contributed by atoms with E-state index < -0.39 is 16.3 Å². The lowest BCUT2D eigenvalue weighted by molar-refractivity contribution is 0.0950. The van der Waals surface area contributed by atoms with E-state index in [1.54, 1.807) is 6.07 Å². The second-order valence-corrected chi connectivity index (χ2v) is 6.13. The molecule has 0 spiro atoms. The molecular weight excluding hydrogens is 312 g/mol. The number of benzene rings is 1. The fourth-order valence-electron chi connectivity index (χ4n) is 1.70. The third-order valence-electron chi connectivity index (χ3n) is 2.83. The van der Waals surface area contributed by atoms with Crippen molar-refractivity contribution in [2.24, 2.45) is 5.84 Å². The van der Waals surface area contributed by atoms with Gasteiger partial charge in [0.2, 0.25) is 0 Å². The Labute approximate surface area is 129 Å². The maximum Gasteiger partial charge on any atom is 0.394 e. The molecule has 1 aromatic rings. The largest absolute Gasteiger partial charge is 0.507 e. The van der Waals surface area contributed by atoms with Gasteiger partial charge in [-0.2, -0.15) is 8.42 Å². The van der Waals surface area contributed by atoms with E-state index in [-0.39, 0.29) is 23.1 Å². The summed E-state index contributed by atoms with van der Waals surface area (Å²) in [6.07, 6.45) is 0. The van der Waals surface area contributed by atoms with Gasteiger partial charge in [0.05, 0.1) is 5.56 Å². The molecule has 0 aliphatic heterocycles. The number of rotatable bonds is 3. The number of carbonyl (C=O) groups excluding carboxylic acids is 1. The maximum atomic E-state index is 11.6. The quantitative estimate of drug-likeness (QED) is 0.244. The van der Waals surface area contributed by atoms with Crippen molar-refractivity contribution in [3.8, 4) is 5.75 Å². The lowest BCUT2D eigenvalue weighted by Crippen LogP contribution is -2.30. The van der Waals surface area contributed by atoms with Gasteiger partial charge >= 0.3 is 10.4 Å². The highest BCUT2D eigenvalue weighted by molar-refractivity contribution is 7.79. The Morgan fingerprint density at radius 3 is 1.91 bits per heavy atom. The molecule has 22 heavy (non-hydrogen) atoms. The summed E-state index contributed by atoms with van der Waals surface area (Å²) in [5, 5.41) is 10.1. The van der Waals surface area contributed by atoms with Crippen LogP contribution in [0.4, 0.5) is 0 Å². The van der Waals surface area contributed by atoms with Crippen LogP contribution in [0.15, 0.2) is 12.1 Å². The molecule has 9 heteroatoms. The first-order valence-electron chi connectivity index (χ1n) is 6.46. The summed E-state index contributed by atoms with van der Waals surface area (Å²) in [5.41, 5.74) is 4.09.